The molecule has 2 aromatic heterocycles. The molecule has 0 unspecified atom stereocenters. The van der Waals surface area contributed by atoms with Crippen LogP contribution in [0.3, 0.4) is 0 Å². The molecular formula is C37H41ClN6O4. The van der Waals surface area contributed by atoms with E-state index < -0.39 is 0 Å². The first-order chi connectivity index (χ1) is 23.2. The van der Waals surface area contributed by atoms with Crippen LogP contribution in [0, 0.1) is 6.92 Å². The van der Waals surface area contributed by atoms with E-state index in [2.05, 4.69) is 25.5 Å². The van der Waals surface area contributed by atoms with Crippen LogP contribution in [0.1, 0.15) is 46.4 Å². The molecule has 4 aromatic rings. The van der Waals surface area contributed by atoms with Gasteiger partial charge in [0.05, 0.1) is 23.9 Å². The molecule has 0 bridgehead atoms. The quantitative estimate of drug-likeness (QED) is 0.197. The minimum Gasteiger partial charge on any atom is -0.496 e. The number of nitrogens with zero attached hydrogens (tertiary/aromatic N) is 4. The van der Waals surface area contributed by atoms with Crippen molar-refractivity contribution in [2.75, 3.05) is 39.1 Å². The molecule has 0 radical (unpaired) electrons. The van der Waals surface area contributed by atoms with Gasteiger partial charge in [-0.1, -0.05) is 41.9 Å². The van der Waals surface area contributed by atoms with Gasteiger partial charge < -0.3 is 25.4 Å². The van der Waals surface area contributed by atoms with Crippen LogP contribution in [0.15, 0.2) is 67.0 Å². The zero-order valence-corrected chi connectivity index (χ0v) is 28.3. The lowest BCUT2D eigenvalue weighted by molar-refractivity contribution is -0.127. The monoisotopic (exact) mass is 668 g/mol. The van der Waals surface area contributed by atoms with Crippen molar-refractivity contribution in [2.45, 2.75) is 51.4 Å². The zero-order chi connectivity index (χ0) is 33.8. The van der Waals surface area contributed by atoms with E-state index in [4.69, 9.17) is 16.3 Å². The molecule has 0 aliphatic carbocycles. The molecule has 3 N–H and O–H groups in total. The van der Waals surface area contributed by atoms with E-state index in [1.807, 2.05) is 67.4 Å². The second kappa shape index (κ2) is 14.8. The highest BCUT2D eigenvalue weighted by atomic mass is 35.5. The molecule has 250 valence electrons. The normalized spacial score (nSPS) is 18.0. The number of carbonyl (C=O) groups excluding carboxylic acids is 2. The number of halogens is 1. The summed E-state index contributed by atoms with van der Waals surface area (Å²) >= 11 is 7.04. The molecule has 2 aromatic carbocycles. The third-order valence-corrected chi connectivity index (χ3v) is 9.74. The predicted molar refractivity (Wildman–Crippen MR) is 187 cm³/mol. The van der Waals surface area contributed by atoms with Crippen molar-refractivity contribution in [1.29, 1.82) is 0 Å². The number of hydrogen-bond donors (Lipinski definition) is 3. The van der Waals surface area contributed by atoms with Crippen LogP contribution in [0.25, 0.3) is 22.4 Å². The number of amides is 2. The van der Waals surface area contributed by atoms with Crippen molar-refractivity contribution in [1.82, 2.24) is 25.1 Å². The summed E-state index contributed by atoms with van der Waals surface area (Å²) < 4.78 is 5.74. The number of rotatable bonds is 11. The maximum Gasteiger partial charge on any atom is 0.274 e. The summed E-state index contributed by atoms with van der Waals surface area (Å²) in [5, 5.41) is 16.8. The fourth-order valence-corrected chi connectivity index (χ4v) is 6.81. The molecular weight excluding hydrogens is 628 g/mol. The van der Waals surface area contributed by atoms with Gasteiger partial charge in [0, 0.05) is 87.0 Å². The van der Waals surface area contributed by atoms with Crippen molar-refractivity contribution < 1.29 is 19.4 Å². The van der Waals surface area contributed by atoms with Crippen molar-refractivity contribution in [3.8, 4) is 28.1 Å². The highest BCUT2D eigenvalue weighted by Gasteiger charge is 2.27. The van der Waals surface area contributed by atoms with E-state index in [1.165, 1.54) is 0 Å². The van der Waals surface area contributed by atoms with Gasteiger partial charge in [-0.15, -0.1) is 0 Å². The molecule has 4 heterocycles. The number of aliphatic hydroxyl groups is 1. The SMILES string of the molecule is COc1cc(-c2nccc(-c3cccc(NC(=O)c4ccc(CN5CC[C@@H](O)C5)cn4)c3C)c2Cl)ccc1CNC[C@@H]1CCC(=O)N1C. The Bertz CT molecular complexity index is 1800. The summed E-state index contributed by atoms with van der Waals surface area (Å²) in [6.45, 7) is 5.47. The molecule has 2 amide bonds. The van der Waals surface area contributed by atoms with Crippen LogP contribution >= 0.6 is 11.6 Å². The predicted octanol–water partition coefficient (Wildman–Crippen LogP) is 5.31. The van der Waals surface area contributed by atoms with Crippen molar-refractivity contribution >= 4 is 29.1 Å². The van der Waals surface area contributed by atoms with Crippen LogP contribution in [0.5, 0.6) is 5.75 Å². The first-order valence-electron chi connectivity index (χ1n) is 16.3. The number of hydrogen-bond acceptors (Lipinski definition) is 8. The summed E-state index contributed by atoms with van der Waals surface area (Å²) in [4.78, 5) is 38.1. The third kappa shape index (κ3) is 7.37. The summed E-state index contributed by atoms with van der Waals surface area (Å²) in [5.41, 5.74) is 6.96. The molecule has 48 heavy (non-hydrogen) atoms. The van der Waals surface area contributed by atoms with E-state index >= 15 is 0 Å². The Kier molecular flexibility index (Phi) is 10.4. The molecule has 0 saturated carbocycles. The topological polar surface area (TPSA) is 120 Å². The molecule has 2 atom stereocenters. The fourth-order valence-electron chi connectivity index (χ4n) is 6.48. The molecule has 2 aliphatic rings. The van der Waals surface area contributed by atoms with E-state index in [-0.39, 0.29) is 24.0 Å². The molecule has 2 saturated heterocycles. The lowest BCUT2D eigenvalue weighted by Gasteiger charge is -2.20. The first kappa shape index (κ1) is 33.5. The van der Waals surface area contributed by atoms with Crippen molar-refractivity contribution in [2.24, 2.45) is 0 Å². The lowest BCUT2D eigenvalue weighted by Crippen LogP contribution is -2.37. The number of aliphatic hydroxyl groups excluding tert-OH is 1. The van der Waals surface area contributed by atoms with Gasteiger partial charge in [-0.3, -0.25) is 24.5 Å². The minimum atomic E-state index is -0.301. The average Bonchev–Trinajstić information content (AvgIpc) is 3.65. The number of pyridine rings is 2. The van der Waals surface area contributed by atoms with E-state index in [0.29, 0.717) is 48.2 Å². The number of carbonyl (C=O) groups is 2. The van der Waals surface area contributed by atoms with Crippen molar-refractivity contribution in [3.05, 3.63) is 94.4 Å². The van der Waals surface area contributed by atoms with Gasteiger partial charge in [0.2, 0.25) is 5.91 Å². The van der Waals surface area contributed by atoms with Gasteiger partial charge in [0.25, 0.3) is 5.91 Å². The molecule has 2 aliphatic heterocycles. The van der Waals surface area contributed by atoms with Crippen LogP contribution < -0.4 is 15.4 Å². The summed E-state index contributed by atoms with van der Waals surface area (Å²) in [5.74, 6) is 0.610. The summed E-state index contributed by atoms with van der Waals surface area (Å²) in [6, 6.07) is 17.4. The summed E-state index contributed by atoms with van der Waals surface area (Å²) in [7, 11) is 3.50. The van der Waals surface area contributed by atoms with Crippen LogP contribution in [-0.4, -0.2) is 82.6 Å². The molecule has 6 rings (SSSR count). The number of anilines is 1. The number of nitrogens with one attached hydrogen (secondary N) is 2. The van der Waals surface area contributed by atoms with E-state index in [0.717, 1.165) is 65.1 Å². The number of likely N-dealkylation sites (N-methyl/N-ethyl adjacent to an activating group) is 1. The van der Waals surface area contributed by atoms with Gasteiger partial charge >= 0.3 is 0 Å². The largest absolute Gasteiger partial charge is 0.496 e. The number of aromatic nitrogens is 2. The standard InChI is InChI=1S/C37H41ClN6O4/c1-23-29(5-4-6-31(23)42-37(47)32-11-7-24(18-41-32)21-44-16-14-28(45)22-44)30-13-15-40-36(35(30)38)25-8-9-26(33(17-25)48-3)19-39-20-27-10-12-34(46)43(27)2/h4-9,11,13,15,17-18,27-28,39,45H,10,12,14,16,19-22H2,1-3H3,(H,42,47)/t27-,28+/m0/s1. The van der Waals surface area contributed by atoms with Gasteiger partial charge in [-0.05, 0) is 60.7 Å². The Hall–Kier alpha value is -4.35. The van der Waals surface area contributed by atoms with Gasteiger partial charge in [-0.25, -0.2) is 0 Å². The Morgan fingerprint density at radius 3 is 2.67 bits per heavy atom. The smallest absolute Gasteiger partial charge is 0.274 e. The van der Waals surface area contributed by atoms with Crippen LogP contribution in [-0.2, 0) is 17.9 Å². The minimum absolute atomic E-state index is 0.192. The Morgan fingerprint density at radius 2 is 1.96 bits per heavy atom. The highest BCUT2D eigenvalue weighted by molar-refractivity contribution is 6.35. The fraction of sp³-hybridized carbons (Fsp3) is 0.351. The van der Waals surface area contributed by atoms with Crippen molar-refractivity contribution in [3.63, 3.8) is 0 Å². The third-order valence-electron chi connectivity index (χ3n) is 9.36. The second-order valence-corrected chi connectivity index (χ2v) is 12.9. The Labute approximate surface area is 286 Å². The number of methoxy groups -OCH3 is 1. The maximum absolute atomic E-state index is 13.2. The number of benzene rings is 2. The first-order valence-corrected chi connectivity index (χ1v) is 16.6. The van der Waals surface area contributed by atoms with Crippen LogP contribution in [0.4, 0.5) is 5.69 Å². The Balaban J connectivity index is 1.16. The van der Waals surface area contributed by atoms with Gasteiger partial charge in [0.1, 0.15) is 11.4 Å². The zero-order valence-electron chi connectivity index (χ0n) is 27.5. The highest BCUT2D eigenvalue weighted by Crippen LogP contribution is 2.39. The van der Waals surface area contributed by atoms with E-state index in [9.17, 15) is 14.7 Å². The molecule has 10 nitrogen and oxygen atoms in total. The molecule has 0 spiro atoms. The van der Waals surface area contributed by atoms with Gasteiger partial charge in [0.15, 0.2) is 0 Å². The lowest BCUT2D eigenvalue weighted by atomic mass is 9.97. The van der Waals surface area contributed by atoms with Gasteiger partial charge in [-0.2, -0.15) is 0 Å². The number of β-amino-alcohol motifs (C(OH)–C–C–N with tert-alkyl or cyclic N) is 1. The second-order valence-electron chi connectivity index (χ2n) is 12.5. The Morgan fingerprint density at radius 1 is 1.10 bits per heavy atom. The maximum atomic E-state index is 13.2. The van der Waals surface area contributed by atoms with Crippen LogP contribution in [0.2, 0.25) is 5.02 Å². The molecule has 2 fully saturated rings. The van der Waals surface area contributed by atoms with E-state index in [1.54, 1.807) is 25.6 Å². The molecule has 11 heteroatoms. The average molecular weight is 669 g/mol. The number of likely N-dealkylation sites (tertiary alicyclic amines) is 2. The summed E-state index contributed by atoms with van der Waals surface area (Å²) in [6.07, 6.45) is 5.43. The number of ether oxygens (including phenoxy) is 1.